The van der Waals surface area contributed by atoms with Gasteiger partial charge in [0.2, 0.25) is 0 Å². The van der Waals surface area contributed by atoms with Crippen molar-refractivity contribution in [2.75, 3.05) is 18.4 Å². The summed E-state index contributed by atoms with van der Waals surface area (Å²) in [4.78, 5) is 21.4. The Morgan fingerprint density at radius 2 is 1.97 bits per heavy atom. The molecule has 0 amide bonds. The number of H-pyrrole nitrogens is 1. The Morgan fingerprint density at radius 3 is 2.73 bits per heavy atom. The molecule has 2 aliphatic rings. The first-order chi connectivity index (χ1) is 18.2. The second kappa shape index (κ2) is 11.1. The van der Waals surface area contributed by atoms with Gasteiger partial charge in [-0.05, 0) is 61.1 Å². The van der Waals surface area contributed by atoms with E-state index in [0.717, 1.165) is 54.6 Å². The summed E-state index contributed by atoms with van der Waals surface area (Å²) < 4.78 is 1.77. The van der Waals surface area contributed by atoms with Gasteiger partial charge in [-0.15, -0.1) is 0 Å². The van der Waals surface area contributed by atoms with Crippen LogP contribution in [0.15, 0.2) is 66.5 Å². The molecule has 1 saturated carbocycles. The maximum atomic E-state index is 13.2. The number of nitrogens with one attached hydrogen (secondary N) is 3. The molecule has 7 nitrogen and oxygen atoms in total. The molecule has 1 fully saturated rings. The van der Waals surface area contributed by atoms with Crippen LogP contribution in [0.25, 0.3) is 16.6 Å². The van der Waals surface area contributed by atoms with Crippen LogP contribution >= 0.6 is 0 Å². The van der Waals surface area contributed by atoms with Crippen molar-refractivity contribution < 1.29 is 4.79 Å². The molecular weight excluding hydrogens is 459 g/mol. The zero-order valence-corrected chi connectivity index (χ0v) is 21.5. The van der Waals surface area contributed by atoms with Crippen LogP contribution in [0.4, 0.5) is 5.82 Å². The van der Waals surface area contributed by atoms with Gasteiger partial charge in [-0.2, -0.15) is 9.61 Å². The minimum Gasteiger partial charge on any atom is -0.387 e. The highest BCUT2D eigenvalue weighted by Gasteiger charge is 2.30. The van der Waals surface area contributed by atoms with Crippen LogP contribution in [-0.2, 0) is 0 Å². The first kappa shape index (κ1) is 24.9. The standard InChI is InChI=1S/C27H27BN6O.C2H6/c28-21-16-31-34-25(30-15-17-4-3-11-29-14-17)13-23(33-27(21)34)18-7-9-19(10-8-18)26(35)24-12-20-5-1-2-6-22(20)32-24;1-2/h1-6,11-13,16,18-19,29-30,32H,7-10,14-15H2;1-2H3. The van der Waals surface area contributed by atoms with E-state index in [1.807, 2.05) is 56.5 Å². The van der Waals surface area contributed by atoms with Gasteiger partial charge in [-0.25, -0.2) is 4.98 Å². The van der Waals surface area contributed by atoms with E-state index < -0.39 is 0 Å². The molecule has 3 N–H and O–H groups in total. The molecule has 0 saturated heterocycles. The van der Waals surface area contributed by atoms with E-state index in [1.165, 1.54) is 5.57 Å². The van der Waals surface area contributed by atoms with Gasteiger partial charge in [0.1, 0.15) is 19.3 Å². The van der Waals surface area contributed by atoms with Crippen molar-refractivity contribution in [3.63, 3.8) is 0 Å². The number of ketones is 1. The molecule has 1 aliphatic carbocycles. The Kier molecular flexibility index (Phi) is 7.44. The van der Waals surface area contributed by atoms with Crippen molar-refractivity contribution >= 4 is 41.5 Å². The first-order valence-corrected chi connectivity index (χ1v) is 13.2. The van der Waals surface area contributed by atoms with Crippen molar-refractivity contribution in [2.24, 2.45) is 5.92 Å². The number of hydrogen-bond donors (Lipinski definition) is 3. The number of carbonyl (C=O) groups excluding carboxylic acids is 1. The predicted molar refractivity (Wildman–Crippen MR) is 151 cm³/mol. The fraction of sp³-hybridized carbons (Fsp3) is 0.345. The lowest BCUT2D eigenvalue weighted by atomic mass is 9.78. The number of aromatic nitrogens is 4. The maximum Gasteiger partial charge on any atom is 0.182 e. The molecule has 6 rings (SSSR count). The SMILES string of the molecule is CC.[B]c1cnn2c(NCC3=CC=CNC3)cc(C3CCC(C(=O)c4cc5ccccc5[nH]4)CC3)nc12. The second-order valence-corrected chi connectivity index (χ2v) is 9.50. The summed E-state index contributed by atoms with van der Waals surface area (Å²) in [7, 11) is 6.19. The number of aromatic amines is 1. The number of para-hydroxylation sites is 1. The number of hydrogen-bond acceptors (Lipinski definition) is 5. The van der Waals surface area contributed by atoms with E-state index in [9.17, 15) is 4.79 Å². The molecule has 3 aromatic heterocycles. The third-order valence-corrected chi connectivity index (χ3v) is 7.20. The molecule has 0 atom stereocenters. The molecule has 0 unspecified atom stereocenters. The molecule has 0 spiro atoms. The third kappa shape index (κ3) is 5.19. The Bertz CT molecular complexity index is 1420. The average Bonchev–Trinajstić information content (AvgIpc) is 3.57. The average molecular weight is 492 g/mol. The fourth-order valence-corrected chi connectivity index (χ4v) is 5.24. The summed E-state index contributed by atoms with van der Waals surface area (Å²) in [6.07, 6.45) is 11.3. The number of Topliss-reactive ketones (excluding diaryl/α,β-unsaturated/α-hetero) is 1. The van der Waals surface area contributed by atoms with Gasteiger partial charge in [0.05, 0.1) is 5.69 Å². The Balaban J connectivity index is 0.00000137. The first-order valence-electron chi connectivity index (χ1n) is 13.2. The lowest BCUT2D eigenvalue weighted by molar-refractivity contribution is 0.0879. The smallest absolute Gasteiger partial charge is 0.182 e. The van der Waals surface area contributed by atoms with Crippen molar-refractivity contribution in [2.45, 2.75) is 45.4 Å². The zero-order chi connectivity index (χ0) is 25.8. The van der Waals surface area contributed by atoms with Crippen LogP contribution < -0.4 is 16.1 Å². The van der Waals surface area contributed by atoms with Crippen LogP contribution in [0.5, 0.6) is 0 Å². The van der Waals surface area contributed by atoms with Crippen molar-refractivity contribution in [3.05, 3.63) is 77.9 Å². The number of fused-ring (bicyclic) bond motifs is 2. The minimum absolute atomic E-state index is 0.0412. The molecule has 0 bridgehead atoms. The number of nitrogens with zero attached hydrogens (tertiary/aromatic N) is 3. The lowest BCUT2D eigenvalue weighted by Gasteiger charge is -2.27. The van der Waals surface area contributed by atoms with E-state index in [0.29, 0.717) is 29.3 Å². The van der Waals surface area contributed by atoms with Crippen molar-refractivity contribution in [1.29, 1.82) is 0 Å². The van der Waals surface area contributed by atoms with E-state index in [2.05, 4.69) is 32.9 Å². The maximum absolute atomic E-state index is 13.2. The van der Waals surface area contributed by atoms with Crippen LogP contribution in [0.2, 0.25) is 0 Å². The quantitative estimate of drug-likeness (QED) is 0.270. The van der Waals surface area contributed by atoms with Gasteiger partial charge in [0.25, 0.3) is 0 Å². The molecule has 1 aromatic carbocycles. The molecule has 2 radical (unpaired) electrons. The summed E-state index contributed by atoms with van der Waals surface area (Å²) in [6, 6.07) is 12.1. The van der Waals surface area contributed by atoms with Gasteiger partial charge in [-0.1, -0.05) is 38.1 Å². The van der Waals surface area contributed by atoms with E-state index in [1.54, 1.807) is 10.7 Å². The number of dihydropyridines is 1. The second-order valence-electron chi connectivity index (χ2n) is 9.50. The molecule has 4 aromatic rings. The van der Waals surface area contributed by atoms with Gasteiger partial charge in [0, 0.05) is 53.8 Å². The van der Waals surface area contributed by atoms with Crippen LogP contribution in [0, 0.1) is 5.92 Å². The highest BCUT2D eigenvalue weighted by atomic mass is 16.1. The summed E-state index contributed by atoms with van der Waals surface area (Å²) >= 11 is 0. The minimum atomic E-state index is 0.0412. The summed E-state index contributed by atoms with van der Waals surface area (Å²) in [5.41, 5.74) is 5.25. The number of carbonyl (C=O) groups is 1. The van der Waals surface area contributed by atoms with E-state index in [4.69, 9.17) is 12.8 Å². The molecule has 1 aliphatic heterocycles. The molecular formula is C29H33BN6O. The zero-order valence-electron chi connectivity index (χ0n) is 21.5. The van der Waals surface area contributed by atoms with Gasteiger partial charge >= 0.3 is 0 Å². The topological polar surface area (TPSA) is 87.1 Å². The monoisotopic (exact) mass is 492 g/mol. The van der Waals surface area contributed by atoms with Gasteiger partial charge < -0.3 is 15.6 Å². The summed E-state index contributed by atoms with van der Waals surface area (Å²) in [5.74, 6) is 1.43. The molecule has 4 heterocycles. The van der Waals surface area contributed by atoms with E-state index >= 15 is 0 Å². The predicted octanol–water partition coefficient (Wildman–Crippen LogP) is 4.64. The largest absolute Gasteiger partial charge is 0.387 e. The number of anilines is 1. The molecule has 8 heteroatoms. The molecule has 37 heavy (non-hydrogen) atoms. The Labute approximate surface area is 218 Å². The summed E-state index contributed by atoms with van der Waals surface area (Å²) in [6.45, 7) is 5.53. The molecule has 188 valence electrons. The van der Waals surface area contributed by atoms with E-state index in [-0.39, 0.29) is 11.7 Å². The highest BCUT2D eigenvalue weighted by molar-refractivity contribution is 6.36. The Morgan fingerprint density at radius 1 is 1.16 bits per heavy atom. The Hall–Kier alpha value is -3.81. The fourth-order valence-electron chi connectivity index (χ4n) is 5.24. The number of benzene rings is 1. The van der Waals surface area contributed by atoms with Gasteiger partial charge in [0.15, 0.2) is 5.78 Å². The summed E-state index contributed by atoms with van der Waals surface area (Å²) in [5, 5.41) is 12.3. The lowest BCUT2D eigenvalue weighted by Crippen LogP contribution is -2.23. The number of rotatable bonds is 6. The third-order valence-electron chi connectivity index (χ3n) is 7.20. The normalized spacial score (nSPS) is 19.1. The van der Waals surface area contributed by atoms with Gasteiger partial charge in [-0.3, -0.25) is 4.79 Å². The van der Waals surface area contributed by atoms with Crippen LogP contribution in [0.1, 0.15) is 61.6 Å². The van der Waals surface area contributed by atoms with Crippen LogP contribution in [0.3, 0.4) is 0 Å². The van der Waals surface area contributed by atoms with Crippen molar-refractivity contribution in [1.82, 2.24) is 24.9 Å². The van der Waals surface area contributed by atoms with Crippen molar-refractivity contribution in [3.8, 4) is 0 Å². The highest BCUT2D eigenvalue weighted by Crippen LogP contribution is 2.37. The number of allylic oxidation sites excluding steroid dienone is 2. The van der Waals surface area contributed by atoms with Crippen LogP contribution in [-0.4, -0.2) is 46.3 Å².